The minimum atomic E-state index is -0.863. The van der Waals surface area contributed by atoms with Gasteiger partial charge in [-0.05, 0) is 57.3 Å². The zero-order valence-electron chi connectivity index (χ0n) is 15.4. The van der Waals surface area contributed by atoms with E-state index in [1.807, 2.05) is 19.9 Å². The summed E-state index contributed by atoms with van der Waals surface area (Å²) >= 11 is 7.42. The van der Waals surface area contributed by atoms with Gasteiger partial charge in [0.2, 0.25) is 0 Å². The summed E-state index contributed by atoms with van der Waals surface area (Å²) in [6.07, 6.45) is 8.64. The summed E-state index contributed by atoms with van der Waals surface area (Å²) in [5.41, 5.74) is -0.194. The average Bonchev–Trinajstić information content (AvgIpc) is 2.45. The first-order valence-electron chi connectivity index (χ1n) is 8.98. The van der Waals surface area contributed by atoms with Crippen molar-refractivity contribution in [2.24, 2.45) is 17.3 Å². The average molecular weight is 464 g/mol. The van der Waals surface area contributed by atoms with Crippen molar-refractivity contribution in [1.29, 1.82) is 0 Å². The van der Waals surface area contributed by atoms with Crippen molar-refractivity contribution in [2.75, 3.05) is 0 Å². The Balaban J connectivity index is 2.13. The number of alkyl halides is 2. The number of aliphatic hydroxyl groups is 2. The molecule has 2 N–H and O–H groups in total. The van der Waals surface area contributed by atoms with E-state index in [0.29, 0.717) is 11.2 Å². The minimum Gasteiger partial charge on any atom is -0.389 e. The lowest BCUT2D eigenvalue weighted by Gasteiger charge is -2.44. The van der Waals surface area contributed by atoms with Gasteiger partial charge in [0.05, 0.1) is 11.2 Å². The molecule has 4 heteroatoms. The number of hydrogen-bond donors (Lipinski definition) is 2. The Bertz CT molecular complexity index is 508. The smallest absolute Gasteiger partial charge is 0.0828 e. The molecule has 2 aliphatic carbocycles. The Hall–Kier alpha value is 0.360. The molecule has 2 aliphatic rings. The molecule has 0 amide bonds. The fraction of sp³-hybridized carbons (Fsp3) is 0.800. The van der Waals surface area contributed by atoms with Crippen molar-refractivity contribution in [3.05, 3.63) is 24.3 Å². The van der Waals surface area contributed by atoms with Gasteiger partial charge in [0.25, 0.3) is 0 Å². The van der Waals surface area contributed by atoms with E-state index in [4.69, 9.17) is 0 Å². The van der Waals surface area contributed by atoms with Gasteiger partial charge in [0.15, 0.2) is 0 Å². The highest BCUT2D eigenvalue weighted by Gasteiger charge is 2.43. The summed E-state index contributed by atoms with van der Waals surface area (Å²) in [5, 5.41) is 21.4. The van der Waals surface area contributed by atoms with Crippen LogP contribution in [0.3, 0.4) is 0 Å². The summed E-state index contributed by atoms with van der Waals surface area (Å²) < 4.78 is 0. The second-order valence-electron chi connectivity index (χ2n) is 8.84. The summed E-state index contributed by atoms with van der Waals surface area (Å²) in [4.78, 5) is 0.489. The zero-order valence-corrected chi connectivity index (χ0v) is 18.5. The third-order valence-corrected chi connectivity index (χ3v) is 9.38. The Morgan fingerprint density at radius 3 is 2.42 bits per heavy atom. The lowest BCUT2D eigenvalue weighted by atomic mass is 9.66. The summed E-state index contributed by atoms with van der Waals surface area (Å²) in [7, 11) is 0. The topological polar surface area (TPSA) is 40.5 Å². The molecule has 24 heavy (non-hydrogen) atoms. The molecule has 2 fully saturated rings. The van der Waals surface area contributed by atoms with Crippen molar-refractivity contribution in [2.45, 2.75) is 80.7 Å². The Morgan fingerprint density at radius 2 is 1.83 bits per heavy atom. The molecule has 0 aromatic carbocycles. The van der Waals surface area contributed by atoms with E-state index in [9.17, 15) is 10.2 Å². The molecule has 0 aromatic heterocycles. The molecular formula is C20H32Br2O2. The van der Waals surface area contributed by atoms with Crippen LogP contribution in [0.4, 0.5) is 0 Å². The van der Waals surface area contributed by atoms with E-state index in [2.05, 4.69) is 58.4 Å². The van der Waals surface area contributed by atoms with Gasteiger partial charge in [-0.3, -0.25) is 0 Å². The SMILES string of the molecule is C=C1CC[C@H](Br)C(C)(C)[C@@H]1/C=C/[C@@](C)(O)[C@H]1CC[C@@](C)(O)[C@@H](Br)C1. The van der Waals surface area contributed by atoms with Gasteiger partial charge in [-0.15, -0.1) is 0 Å². The molecule has 0 aromatic rings. The maximum atomic E-state index is 11.0. The first-order valence-corrected chi connectivity index (χ1v) is 10.8. The first-order chi connectivity index (χ1) is 10.9. The first kappa shape index (κ1) is 20.7. The lowest BCUT2D eigenvalue weighted by molar-refractivity contribution is -0.0321. The van der Waals surface area contributed by atoms with Crippen molar-refractivity contribution < 1.29 is 10.2 Å². The second-order valence-corrected chi connectivity index (χ2v) is 11.1. The standard InChI is InChI=1S/C20H32Br2O2/c1-13-6-7-16(21)18(2,3)15(13)9-11-19(4,23)14-8-10-20(5,24)17(22)12-14/h9,11,14-17,23-24H,1,6-8,10,12H2,2-5H3/b11-9+/t14-,15+,16-,17-,19+,20+/m0/s1. The second kappa shape index (κ2) is 7.17. The van der Waals surface area contributed by atoms with Crippen LogP contribution >= 0.6 is 31.9 Å². The van der Waals surface area contributed by atoms with E-state index < -0.39 is 11.2 Å². The summed E-state index contributed by atoms with van der Waals surface area (Å²) in [6.45, 7) is 12.6. The molecule has 6 atom stereocenters. The molecule has 0 unspecified atom stereocenters. The van der Waals surface area contributed by atoms with E-state index in [1.54, 1.807) is 0 Å². The van der Waals surface area contributed by atoms with Crippen LogP contribution < -0.4 is 0 Å². The molecule has 0 aliphatic heterocycles. The van der Waals surface area contributed by atoms with Gasteiger partial charge in [-0.25, -0.2) is 0 Å². The molecule has 0 radical (unpaired) electrons. The van der Waals surface area contributed by atoms with Gasteiger partial charge in [0.1, 0.15) is 0 Å². The highest BCUT2D eigenvalue weighted by molar-refractivity contribution is 9.09. The van der Waals surface area contributed by atoms with Crippen LogP contribution in [0.2, 0.25) is 0 Å². The van der Waals surface area contributed by atoms with Gasteiger partial charge in [-0.1, -0.05) is 70.0 Å². The Morgan fingerprint density at radius 1 is 1.21 bits per heavy atom. The van der Waals surface area contributed by atoms with Gasteiger partial charge >= 0.3 is 0 Å². The van der Waals surface area contributed by atoms with E-state index in [0.717, 1.165) is 25.7 Å². The fourth-order valence-electron chi connectivity index (χ4n) is 4.15. The third-order valence-electron chi connectivity index (χ3n) is 6.39. The molecule has 0 heterocycles. The number of allylic oxidation sites excluding steroid dienone is 2. The highest BCUT2D eigenvalue weighted by Crippen LogP contribution is 2.48. The molecule has 2 nitrogen and oxygen atoms in total. The lowest BCUT2D eigenvalue weighted by Crippen LogP contribution is -2.46. The van der Waals surface area contributed by atoms with Crippen LogP contribution in [0.5, 0.6) is 0 Å². The predicted octanol–water partition coefficient (Wildman–Crippen LogP) is 5.36. The van der Waals surface area contributed by atoms with Crippen LogP contribution in [0.25, 0.3) is 0 Å². The van der Waals surface area contributed by atoms with E-state index >= 15 is 0 Å². The fourth-order valence-corrected chi connectivity index (χ4v) is 5.34. The van der Waals surface area contributed by atoms with Crippen LogP contribution in [0, 0.1) is 17.3 Å². The minimum absolute atomic E-state index is 0.0247. The Kier molecular flexibility index (Phi) is 6.17. The van der Waals surface area contributed by atoms with Crippen molar-refractivity contribution in [1.82, 2.24) is 0 Å². The van der Waals surface area contributed by atoms with Crippen LogP contribution in [-0.4, -0.2) is 31.1 Å². The monoisotopic (exact) mass is 462 g/mol. The number of rotatable bonds is 3. The summed E-state index contributed by atoms with van der Waals surface area (Å²) in [5.74, 6) is 0.423. The highest BCUT2D eigenvalue weighted by atomic mass is 79.9. The van der Waals surface area contributed by atoms with E-state index in [-0.39, 0.29) is 22.1 Å². The molecule has 0 saturated heterocycles. The Labute approximate surface area is 164 Å². The molecular weight excluding hydrogens is 432 g/mol. The van der Waals surface area contributed by atoms with Crippen molar-refractivity contribution >= 4 is 31.9 Å². The number of halogens is 2. The van der Waals surface area contributed by atoms with E-state index in [1.165, 1.54) is 5.57 Å². The van der Waals surface area contributed by atoms with Crippen LogP contribution in [0.15, 0.2) is 24.3 Å². The van der Waals surface area contributed by atoms with Crippen LogP contribution in [0.1, 0.15) is 59.8 Å². The molecule has 2 saturated carbocycles. The van der Waals surface area contributed by atoms with Gasteiger partial charge < -0.3 is 10.2 Å². The normalized spacial score (nSPS) is 42.9. The van der Waals surface area contributed by atoms with Crippen LogP contribution in [-0.2, 0) is 0 Å². The zero-order chi connectivity index (χ0) is 18.3. The van der Waals surface area contributed by atoms with Gasteiger partial charge in [0, 0.05) is 15.6 Å². The molecule has 138 valence electrons. The van der Waals surface area contributed by atoms with Gasteiger partial charge in [-0.2, -0.15) is 0 Å². The predicted molar refractivity (Wildman–Crippen MR) is 109 cm³/mol. The van der Waals surface area contributed by atoms with Crippen molar-refractivity contribution in [3.8, 4) is 0 Å². The largest absolute Gasteiger partial charge is 0.389 e. The molecule has 2 rings (SSSR count). The third kappa shape index (κ3) is 4.19. The molecule has 0 bridgehead atoms. The maximum Gasteiger partial charge on any atom is 0.0828 e. The maximum absolute atomic E-state index is 11.0. The number of hydrogen-bond acceptors (Lipinski definition) is 2. The van der Waals surface area contributed by atoms with Crippen molar-refractivity contribution in [3.63, 3.8) is 0 Å². The quantitative estimate of drug-likeness (QED) is 0.436. The summed E-state index contributed by atoms with van der Waals surface area (Å²) in [6, 6.07) is 0. The molecule has 0 spiro atoms.